The van der Waals surface area contributed by atoms with Gasteiger partial charge in [0.2, 0.25) is 0 Å². The minimum absolute atomic E-state index is 0.0799. The van der Waals surface area contributed by atoms with Gasteiger partial charge in [-0.3, -0.25) is 4.79 Å². The molecular formula is C11H14ClNO3S. The van der Waals surface area contributed by atoms with Crippen LogP contribution in [0.2, 0.25) is 5.02 Å². The minimum atomic E-state index is -2.98. The third kappa shape index (κ3) is 4.36. The maximum absolute atomic E-state index is 11.0. The van der Waals surface area contributed by atoms with Crippen molar-refractivity contribution < 1.29 is 13.2 Å². The molecule has 0 N–H and O–H groups in total. The quantitative estimate of drug-likeness (QED) is 0.767. The van der Waals surface area contributed by atoms with Crippen molar-refractivity contribution in [3.05, 3.63) is 28.8 Å². The first-order valence-electron chi connectivity index (χ1n) is 4.97. The molecule has 17 heavy (non-hydrogen) atoms. The smallest absolute Gasteiger partial charge is 0.151 e. The number of nitrogens with zero attached hydrogens (tertiary/aromatic N) is 1. The molecule has 0 saturated heterocycles. The van der Waals surface area contributed by atoms with Gasteiger partial charge < -0.3 is 4.90 Å². The van der Waals surface area contributed by atoms with Crippen LogP contribution in [0.3, 0.4) is 0 Å². The Morgan fingerprint density at radius 1 is 1.41 bits per heavy atom. The van der Waals surface area contributed by atoms with Gasteiger partial charge in [0.1, 0.15) is 9.84 Å². The molecular weight excluding hydrogens is 262 g/mol. The third-order valence-electron chi connectivity index (χ3n) is 2.35. The lowest BCUT2D eigenvalue weighted by Crippen LogP contribution is -2.24. The average Bonchev–Trinajstić information content (AvgIpc) is 2.24. The molecule has 0 unspecified atom stereocenters. The molecule has 6 heteroatoms. The third-order valence-corrected chi connectivity index (χ3v) is 3.60. The van der Waals surface area contributed by atoms with Crippen LogP contribution in [0.1, 0.15) is 10.4 Å². The second-order valence-corrected chi connectivity index (χ2v) is 6.54. The van der Waals surface area contributed by atoms with E-state index in [-0.39, 0.29) is 5.75 Å². The monoisotopic (exact) mass is 275 g/mol. The topological polar surface area (TPSA) is 54.5 Å². The van der Waals surface area contributed by atoms with Crippen molar-refractivity contribution in [3.63, 3.8) is 0 Å². The molecule has 0 atom stereocenters. The van der Waals surface area contributed by atoms with E-state index in [1.807, 2.05) is 0 Å². The molecule has 1 rings (SSSR count). The zero-order chi connectivity index (χ0) is 13.1. The molecule has 0 bridgehead atoms. The summed E-state index contributed by atoms with van der Waals surface area (Å²) in [5.41, 5.74) is 1.20. The summed E-state index contributed by atoms with van der Waals surface area (Å²) in [6.07, 6.45) is 1.88. The van der Waals surface area contributed by atoms with E-state index in [2.05, 4.69) is 0 Å². The summed E-state index contributed by atoms with van der Waals surface area (Å²) in [4.78, 5) is 12.4. The summed E-state index contributed by atoms with van der Waals surface area (Å²) < 4.78 is 22.1. The molecule has 1 aromatic carbocycles. The number of carbonyl (C=O) groups is 1. The number of anilines is 1. The molecule has 0 spiro atoms. The average molecular weight is 276 g/mol. The lowest BCUT2D eigenvalue weighted by molar-refractivity contribution is 0.112. The van der Waals surface area contributed by atoms with E-state index in [0.29, 0.717) is 23.4 Å². The number of hydrogen-bond acceptors (Lipinski definition) is 4. The van der Waals surface area contributed by atoms with Crippen molar-refractivity contribution in [2.45, 2.75) is 0 Å². The molecule has 0 heterocycles. The summed E-state index contributed by atoms with van der Waals surface area (Å²) in [6.45, 7) is 0.385. The fourth-order valence-electron chi connectivity index (χ4n) is 1.28. The van der Waals surface area contributed by atoms with E-state index < -0.39 is 9.84 Å². The van der Waals surface area contributed by atoms with Crippen LogP contribution in [0.4, 0.5) is 5.69 Å². The van der Waals surface area contributed by atoms with Crippen molar-refractivity contribution >= 4 is 33.4 Å². The largest absolute Gasteiger partial charge is 0.374 e. The maximum atomic E-state index is 11.0. The number of sulfone groups is 1. The number of hydrogen-bond donors (Lipinski definition) is 0. The first-order chi connectivity index (χ1) is 7.83. The molecule has 1 aromatic rings. The van der Waals surface area contributed by atoms with E-state index >= 15 is 0 Å². The molecule has 0 radical (unpaired) electrons. The van der Waals surface area contributed by atoms with Crippen molar-refractivity contribution in [3.8, 4) is 0 Å². The van der Waals surface area contributed by atoms with Crippen LogP contribution < -0.4 is 4.90 Å². The summed E-state index contributed by atoms with van der Waals surface area (Å²) >= 11 is 5.89. The summed E-state index contributed by atoms with van der Waals surface area (Å²) in [5, 5.41) is 0.365. The molecule has 94 valence electrons. The van der Waals surface area contributed by atoms with Gasteiger partial charge in [-0.15, -0.1) is 0 Å². The zero-order valence-corrected chi connectivity index (χ0v) is 11.3. The fourth-order valence-corrected chi connectivity index (χ4v) is 2.11. The molecule has 0 aromatic heterocycles. The van der Waals surface area contributed by atoms with Crippen molar-refractivity contribution in [1.82, 2.24) is 0 Å². The fraction of sp³-hybridized carbons (Fsp3) is 0.364. The van der Waals surface area contributed by atoms with Gasteiger partial charge in [0.05, 0.1) is 10.8 Å². The van der Waals surface area contributed by atoms with Crippen LogP contribution in [-0.4, -0.2) is 40.3 Å². The van der Waals surface area contributed by atoms with Gasteiger partial charge in [0.15, 0.2) is 6.29 Å². The molecule has 0 aliphatic rings. The van der Waals surface area contributed by atoms with E-state index in [0.717, 1.165) is 5.69 Å². The minimum Gasteiger partial charge on any atom is -0.374 e. The Morgan fingerprint density at radius 3 is 2.53 bits per heavy atom. The highest BCUT2D eigenvalue weighted by Gasteiger charge is 2.08. The summed E-state index contributed by atoms with van der Waals surface area (Å²) in [7, 11) is -1.21. The van der Waals surface area contributed by atoms with Crippen LogP contribution in [0, 0.1) is 0 Å². The highest BCUT2D eigenvalue weighted by atomic mass is 35.5. The Balaban J connectivity index is 2.79. The molecule has 0 aliphatic carbocycles. The van der Waals surface area contributed by atoms with Gasteiger partial charge >= 0.3 is 0 Å². The molecule has 0 aliphatic heterocycles. The first-order valence-corrected chi connectivity index (χ1v) is 7.41. The lowest BCUT2D eigenvalue weighted by Gasteiger charge is -2.19. The van der Waals surface area contributed by atoms with Gasteiger partial charge in [-0.05, 0) is 18.2 Å². The van der Waals surface area contributed by atoms with Crippen molar-refractivity contribution in [2.24, 2.45) is 0 Å². The van der Waals surface area contributed by atoms with E-state index in [1.165, 1.54) is 6.26 Å². The van der Waals surface area contributed by atoms with Crippen molar-refractivity contribution in [2.75, 3.05) is 30.5 Å². The predicted octanol–water partition coefficient (Wildman–Crippen LogP) is 1.63. The normalized spacial score (nSPS) is 11.2. The standard InChI is InChI=1S/C11H14ClNO3S/c1-13(5-6-17(2,15)16)10-4-3-9(8-14)11(12)7-10/h3-4,7-8H,5-6H2,1-2H3. The Hall–Kier alpha value is -1.07. The van der Waals surface area contributed by atoms with Gasteiger partial charge in [-0.1, -0.05) is 11.6 Å². The van der Waals surface area contributed by atoms with Crippen LogP contribution in [0.25, 0.3) is 0 Å². The van der Waals surface area contributed by atoms with Crippen LogP contribution in [0.5, 0.6) is 0 Å². The Morgan fingerprint density at radius 2 is 2.06 bits per heavy atom. The number of rotatable bonds is 5. The van der Waals surface area contributed by atoms with E-state index in [1.54, 1.807) is 30.1 Å². The van der Waals surface area contributed by atoms with Gasteiger partial charge in [0, 0.05) is 31.1 Å². The first kappa shape index (κ1) is 14.0. The predicted molar refractivity (Wildman–Crippen MR) is 69.8 cm³/mol. The zero-order valence-electron chi connectivity index (χ0n) is 9.68. The van der Waals surface area contributed by atoms with Crippen molar-refractivity contribution in [1.29, 1.82) is 0 Å². The van der Waals surface area contributed by atoms with Crippen LogP contribution in [0.15, 0.2) is 18.2 Å². The van der Waals surface area contributed by atoms with Gasteiger partial charge in [-0.2, -0.15) is 0 Å². The molecule has 0 saturated carbocycles. The number of carbonyl (C=O) groups excluding carboxylic acids is 1. The van der Waals surface area contributed by atoms with Gasteiger partial charge in [-0.25, -0.2) is 8.42 Å². The highest BCUT2D eigenvalue weighted by Crippen LogP contribution is 2.21. The SMILES string of the molecule is CN(CCS(C)(=O)=O)c1ccc(C=O)c(Cl)c1. The van der Waals surface area contributed by atoms with E-state index in [9.17, 15) is 13.2 Å². The van der Waals surface area contributed by atoms with Crippen LogP contribution in [-0.2, 0) is 9.84 Å². The Bertz CT molecular complexity index is 513. The van der Waals surface area contributed by atoms with Crippen LogP contribution >= 0.6 is 11.6 Å². The van der Waals surface area contributed by atoms with E-state index in [4.69, 9.17) is 11.6 Å². The maximum Gasteiger partial charge on any atom is 0.151 e. The number of halogens is 1. The second kappa shape index (κ2) is 5.51. The highest BCUT2D eigenvalue weighted by molar-refractivity contribution is 7.90. The molecule has 4 nitrogen and oxygen atoms in total. The number of benzene rings is 1. The molecule has 0 fully saturated rings. The Kier molecular flexibility index (Phi) is 4.54. The Labute approximate surface area is 106 Å². The number of aldehydes is 1. The molecule has 0 amide bonds. The second-order valence-electron chi connectivity index (χ2n) is 3.88. The van der Waals surface area contributed by atoms with Gasteiger partial charge in [0.25, 0.3) is 0 Å². The lowest BCUT2D eigenvalue weighted by atomic mass is 10.2. The summed E-state index contributed by atoms with van der Waals surface area (Å²) in [6, 6.07) is 4.99. The summed E-state index contributed by atoms with van der Waals surface area (Å²) in [5.74, 6) is 0.0799.